The molecule has 1 aromatic carbocycles. The van der Waals surface area contributed by atoms with Crippen molar-refractivity contribution in [2.75, 3.05) is 0 Å². The summed E-state index contributed by atoms with van der Waals surface area (Å²) in [6.45, 7) is 0. The van der Waals surface area contributed by atoms with Gasteiger partial charge in [-0.25, -0.2) is 4.39 Å². The summed E-state index contributed by atoms with van der Waals surface area (Å²) in [7, 11) is 0. The molecule has 4 aliphatic carbocycles. The van der Waals surface area contributed by atoms with E-state index in [1.807, 2.05) is 0 Å². The smallest absolute Gasteiger partial charge is 0.145 e. The van der Waals surface area contributed by atoms with Gasteiger partial charge in [-0.3, -0.25) is 0 Å². The molecular formula is C18H22ClFO. The summed E-state index contributed by atoms with van der Waals surface area (Å²) in [5.74, 6) is 2.04. The molecule has 21 heavy (non-hydrogen) atoms. The van der Waals surface area contributed by atoms with E-state index in [9.17, 15) is 9.50 Å². The second kappa shape index (κ2) is 4.96. The molecule has 1 aromatic rings. The van der Waals surface area contributed by atoms with E-state index in [4.69, 9.17) is 11.6 Å². The predicted molar refractivity (Wildman–Crippen MR) is 81.7 cm³/mol. The molecule has 0 amide bonds. The van der Waals surface area contributed by atoms with Crippen LogP contribution in [0.15, 0.2) is 18.2 Å². The van der Waals surface area contributed by atoms with Crippen molar-refractivity contribution in [1.29, 1.82) is 0 Å². The van der Waals surface area contributed by atoms with Gasteiger partial charge in [-0.05, 0) is 73.3 Å². The minimum Gasteiger partial charge on any atom is -0.392 e. The Hall–Kier alpha value is -0.600. The zero-order valence-corrected chi connectivity index (χ0v) is 13.0. The van der Waals surface area contributed by atoms with Crippen molar-refractivity contribution in [2.45, 2.75) is 51.0 Å². The van der Waals surface area contributed by atoms with E-state index in [0.717, 1.165) is 37.0 Å². The molecule has 3 heteroatoms. The molecule has 5 rings (SSSR count). The number of aliphatic hydroxyl groups excluding tert-OH is 1. The van der Waals surface area contributed by atoms with Crippen LogP contribution in [0.4, 0.5) is 4.39 Å². The number of benzene rings is 1. The normalized spacial score (nSPS) is 38.7. The number of halogens is 2. The van der Waals surface area contributed by atoms with E-state index in [-0.39, 0.29) is 16.3 Å². The summed E-state index contributed by atoms with van der Waals surface area (Å²) in [4.78, 5) is 0. The molecule has 1 atom stereocenters. The largest absolute Gasteiger partial charge is 0.392 e. The summed E-state index contributed by atoms with van der Waals surface area (Å²) in [6, 6.07) is 5.09. The Labute approximate surface area is 130 Å². The lowest BCUT2D eigenvalue weighted by Gasteiger charge is -2.58. The molecule has 4 aliphatic rings. The Morgan fingerprint density at radius 2 is 1.71 bits per heavy atom. The first-order valence-corrected chi connectivity index (χ1v) is 8.54. The minimum absolute atomic E-state index is 0.0451. The van der Waals surface area contributed by atoms with Crippen LogP contribution in [0, 0.1) is 29.0 Å². The highest BCUT2D eigenvalue weighted by molar-refractivity contribution is 6.30. The van der Waals surface area contributed by atoms with Crippen LogP contribution in [0.3, 0.4) is 0 Å². The van der Waals surface area contributed by atoms with Gasteiger partial charge in [0.15, 0.2) is 0 Å². The summed E-state index contributed by atoms with van der Waals surface area (Å²) >= 11 is 5.86. The third-order valence-electron chi connectivity index (χ3n) is 6.24. The third-order valence-corrected chi connectivity index (χ3v) is 6.53. The lowest BCUT2D eigenvalue weighted by Crippen LogP contribution is -2.52. The fourth-order valence-corrected chi connectivity index (χ4v) is 5.91. The van der Waals surface area contributed by atoms with Gasteiger partial charge in [-0.15, -0.1) is 0 Å². The first kappa shape index (κ1) is 14.0. The maximum atomic E-state index is 14.1. The molecule has 4 fully saturated rings. The topological polar surface area (TPSA) is 20.2 Å². The fourth-order valence-electron chi connectivity index (χ4n) is 5.72. The highest BCUT2D eigenvalue weighted by Gasteiger charge is 2.53. The number of rotatable bonds is 3. The molecule has 4 saturated carbocycles. The molecule has 1 unspecified atom stereocenters. The maximum Gasteiger partial charge on any atom is 0.145 e. The molecule has 4 bridgehead atoms. The van der Waals surface area contributed by atoms with E-state index in [1.54, 1.807) is 18.2 Å². The Morgan fingerprint density at radius 1 is 1.14 bits per heavy atom. The standard InChI is InChI=1S/C18H22ClFO/c19-15-3-1-2-14(17(15)20)7-16(21)18-8-11-4-12(9-18)6-13(5-11)10-18/h1-3,11-13,16,21H,4-10H2. The van der Waals surface area contributed by atoms with Gasteiger partial charge in [0, 0.05) is 6.42 Å². The zero-order chi connectivity index (χ0) is 14.6. The minimum atomic E-state index is -0.432. The lowest BCUT2D eigenvalue weighted by molar-refractivity contribution is -0.119. The molecule has 0 aromatic heterocycles. The van der Waals surface area contributed by atoms with E-state index in [1.165, 1.54) is 19.3 Å². The van der Waals surface area contributed by atoms with Gasteiger partial charge in [0.1, 0.15) is 5.82 Å². The number of aliphatic hydroxyl groups is 1. The van der Waals surface area contributed by atoms with Gasteiger partial charge in [0.2, 0.25) is 0 Å². The lowest BCUT2D eigenvalue weighted by atomic mass is 9.48. The summed E-state index contributed by atoms with van der Waals surface area (Å²) in [5, 5.41) is 11.0. The summed E-state index contributed by atoms with van der Waals surface area (Å²) < 4.78 is 14.1. The van der Waals surface area contributed by atoms with Gasteiger partial charge in [-0.2, -0.15) is 0 Å². The van der Waals surface area contributed by atoms with Crippen molar-refractivity contribution in [3.05, 3.63) is 34.6 Å². The summed E-state index contributed by atoms with van der Waals surface area (Å²) in [6.07, 6.45) is 7.47. The quantitative estimate of drug-likeness (QED) is 0.865. The highest BCUT2D eigenvalue weighted by Crippen LogP contribution is 2.61. The van der Waals surface area contributed by atoms with Crippen LogP contribution in [0.1, 0.15) is 44.1 Å². The van der Waals surface area contributed by atoms with Crippen LogP contribution in [-0.4, -0.2) is 11.2 Å². The van der Waals surface area contributed by atoms with Crippen LogP contribution in [-0.2, 0) is 6.42 Å². The van der Waals surface area contributed by atoms with E-state index >= 15 is 0 Å². The van der Waals surface area contributed by atoms with Crippen molar-refractivity contribution in [3.63, 3.8) is 0 Å². The first-order valence-electron chi connectivity index (χ1n) is 8.17. The van der Waals surface area contributed by atoms with Crippen molar-refractivity contribution < 1.29 is 9.50 Å². The number of hydrogen-bond acceptors (Lipinski definition) is 1. The van der Waals surface area contributed by atoms with Crippen molar-refractivity contribution in [3.8, 4) is 0 Å². The Morgan fingerprint density at radius 3 is 2.29 bits per heavy atom. The average molecular weight is 309 g/mol. The molecule has 0 radical (unpaired) electrons. The van der Waals surface area contributed by atoms with Gasteiger partial charge in [0.25, 0.3) is 0 Å². The molecule has 0 spiro atoms. The monoisotopic (exact) mass is 308 g/mol. The molecule has 0 aliphatic heterocycles. The molecule has 0 heterocycles. The number of hydrogen-bond donors (Lipinski definition) is 1. The van der Waals surface area contributed by atoms with Gasteiger partial charge in [0.05, 0.1) is 11.1 Å². The van der Waals surface area contributed by atoms with Crippen LogP contribution in [0.2, 0.25) is 5.02 Å². The van der Waals surface area contributed by atoms with Crippen molar-refractivity contribution in [1.82, 2.24) is 0 Å². The third kappa shape index (κ3) is 2.31. The highest BCUT2D eigenvalue weighted by atomic mass is 35.5. The van der Waals surface area contributed by atoms with E-state index in [2.05, 4.69) is 0 Å². The summed E-state index contributed by atoms with van der Waals surface area (Å²) in [5.41, 5.74) is 0.606. The van der Waals surface area contributed by atoms with Crippen LogP contribution >= 0.6 is 11.6 Å². The van der Waals surface area contributed by atoms with Crippen LogP contribution < -0.4 is 0 Å². The fraction of sp³-hybridized carbons (Fsp3) is 0.667. The molecule has 0 saturated heterocycles. The second-order valence-corrected chi connectivity index (χ2v) is 8.12. The van der Waals surface area contributed by atoms with E-state index < -0.39 is 6.10 Å². The van der Waals surface area contributed by atoms with Crippen LogP contribution in [0.5, 0.6) is 0 Å². The van der Waals surface area contributed by atoms with Crippen LogP contribution in [0.25, 0.3) is 0 Å². The molecule has 114 valence electrons. The Balaban J connectivity index is 1.57. The predicted octanol–water partition coefficient (Wildman–Crippen LogP) is 4.60. The molecule has 1 nitrogen and oxygen atoms in total. The van der Waals surface area contributed by atoms with Gasteiger partial charge < -0.3 is 5.11 Å². The zero-order valence-electron chi connectivity index (χ0n) is 12.2. The Kier molecular flexibility index (Phi) is 3.31. The SMILES string of the molecule is OC(Cc1cccc(Cl)c1F)C12CC3CC(CC(C3)C1)C2. The second-order valence-electron chi connectivity index (χ2n) is 7.71. The first-order chi connectivity index (χ1) is 10.1. The Bertz CT molecular complexity index is 521. The molecular weight excluding hydrogens is 287 g/mol. The van der Waals surface area contributed by atoms with Crippen molar-refractivity contribution in [2.24, 2.45) is 23.2 Å². The van der Waals surface area contributed by atoms with Crippen molar-refractivity contribution >= 4 is 11.6 Å². The van der Waals surface area contributed by atoms with Gasteiger partial charge >= 0.3 is 0 Å². The van der Waals surface area contributed by atoms with Gasteiger partial charge in [-0.1, -0.05) is 23.7 Å². The van der Waals surface area contributed by atoms with E-state index in [0.29, 0.717) is 12.0 Å². The average Bonchev–Trinajstić information content (AvgIpc) is 2.42. The molecule has 1 N–H and O–H groups in total. The maximum absolute atomic E-state index is 14.1.